The van der Waals surface area contributed by atoms with Gasteiger partial charge in [0.2, 0.25) is 0 Å². The first kappa shape index (κ1) is 26.3. The number of hydrogen-bond acceptors (Lipinski definition) is 6. The molecule has 1 fully saturated rings. The molecule has 1 aliphatic rings. The number of aliphatic hydroxyl groups excluding tert-OH is 1. The number of rotatable bonds is 7. The number of benzene rings is 2. The number of likely N-dealkylation sites (tertiary alicyclic amines) is 1. The molecule has 3 rings (SSSR count). The van der Waals surface area contributed by atoms with Gasteiger partial charge < -0.3 is 24.5 Å². The van der Waals surface area contributed by atoms with E-state index in [-0.39, 0.29) is 16.7 Å². The zero-order valence-electron chi connectivity index (χ0n) is 22.0. The number of carbonyl (C=O) groups excluding carboxylic acids is 2. The maximum atomic E-state index is 13.3. The van der Waals surface area contributed by atoms with Crippen LogP contribution >= 0.6 is 0 Å². The molecule has 1 heterocycles. The van der Waals surface area contributed by atoms with Crippen LogP contribution in [0.1, 0.15) is 43.5 Å². The second kappa shape index (κ2) is 10.1. The van der Waals surface area contributed by atoms with Gasteiger partial charge in [0.25, 0.3) is 11.7 Å². The zero-order chi connectivity index (χ0) is 26.1. The quantitative estimate of drug-likeness (QED) is 0.367. The summed E-state index contributed by atoms with van der Waals surface area (Å²) in [7, 11) is 9.35. The summed E-state index contributed by atoms with van der Waals surface area (Å²) in [5, 5.41) is 11.5. The number of ketones is 1. The highest BCUT2D eigenvalue weighted by Gasteiger charge is 2.46. The Hall–Kier alpha value is -3.32. The molecule has 1 atom stereocenters. The van der Waals surface area contributed by atoms with Crippen LogP contribution in [-0.4, -0.2) is 75.0 Å². The number of nitrogens with zero attached hydrogens (tertiary/aromatic N) is 3. The van der Waals surface area contributed by atoms with E-state index >= 15 is 0 Å². The summed E-state index contributed by atoms with van der Waals surface area (Å²) in [6.07, 6.45) is 0. The SMILES string of the molecule is COc1ccc(/C(O)=C2/C(=O)C(=O)N(CCN(C)C)C2c2ccc(N(C)C)cc2)cc1C(C)(C)C. The van der Waals surface area contributed by atoms with Crippen molar-refractivity contribution in [1.29, 1.82) is 0 Å². The van der Waals surface area contributed by atoms with Crippen molar-refractivity contribution in [1.82, 2.24) is 9.80 Å². The number of carbonyl (C=O) groups is 2. The van der Waals surface area contributed by atoms with Crippen LogP contribution < -0.4 is 9.64 Å². The second-order valence-corrected chi connectivity index (χ2v) is 10.4. The smallest absolute Gasteiger partial charge is 0.295 e. The fraction of sp³-hybridized carbons (Fsp3) is 0.429. The first-order valence-corrected chi connectivity index (χ1v) is 11.8. The molecule has 1 aliphatic heterocycles. The maximum Gasteiger partial charge on any atom is 0.295 e. The van der Waals surface area contributed by atoms with Crippen molar-refractivity contribution in [3.8, 4) is 5.75 Å². The summed E-state index contributed by atoms with van der Waals surface area (Å²) in [5.74, 6) is -0.738. The van der Waals surface area contributed by atoms with Crippen LogP contribution in [0.15, 0.2) is 48.0 Å². The van der Waals surface area contributed by atoms with Crippen molar-refractivity contribution in [2.45, 2.75) is 32.2 Å². The van der Waals surface area contributed by atoms with E-state index in [0.717, 1.165) is 16.8 Å². The molecule has 7 heteroatoms. The van der Waals surface area contributed by atoms with Crippen LogP contribution in [-0.2, 0) is 15.0 Å². The van der Waals surface area contributed by atoms with E-state index in [4.69, 9.17) is 4.74 Å². The largest absolute Gasteiger partial charge is 0.507 e. The summed E-state index contributed by atoms with van der Waals surface area (Å²) in [5.41, 5.74) is 3.02. The molecular weight excluding hydrogens is 442 g/mol. The van der Waals surface area contributed by atoms with Crippen LogP contribution in [0.3, 0.4) is 0 Å². The van der Waals surface area contributed by atoms with Gasteiger partial charge >= 0.3 is 0 Å². The van der Waals surface area contributed by atoms with Gasteiger partial charge in [-0.1, -0.05) is 32.9 Å². The Bertz CT molecular complexity index is 1130. The molecule has 1 saturated heterocycles. The topological polar surface area (TPSA) is 73.3 Å². The lowest BCUT2D eigenvalue weighted by molar-refractivity contribution is -0.140. The minimum Gasteiger partial charge on any atom is -0.507 e. The van der Waals surface area contributed by atoms with Crippen LogP contribution in [0.4, 0.5) is 5.69 Å². The van der Waals surface area contributed by atoms with Crippen LogP contribution in [0, 0.1) is 0 Å². The van der Waals surface area contributed by atoms with Gasteiger partial charge in [0.1, 0.15) is 11.5 Å². The highest BCUT2D eigenvalue weighted by atomic mass is 16.5. The standard InChI is InChI=1S/C28H37N3O4/c1-28(2,3)21-17-19(11-14-22(21)35-8)25(32)23-24(18-9-12-20(13-10-18)30(6)7)31(16-15-29(4)5)27(34)26(23)33/h9-14,17,24,32H,15-16H2,1-8H3/b25-23-. The van der Waals surface area contributed by atoms with E-state index in [1.807, 2.05) is 68.3 Å². The summed E-state index contributed by atoms with van der Waals surface area (Å²) >= 11 is 0. The average molecular weight is 480 g/mol. The number of ether oxygens (including phenoxy) is 1. The Kier molecular flexibility index (Phi) is 7.60. The minimum atomic E-state index is -0.675. The third-order valence-electron chi connectivity index (χ3n) is 6.33. The van der Waals surface area contributed by atoms with E-state index < -0.39 is 17.7 Å². The third kappa shape index (κ3) is 5.35. The normalized spacial score (nSPS) is 17.9. The van der Waals surface area contributed by atoms with E-state index in [0.29, 0.717) is 24.4 Å². The Morgan fingerprint density at radius 1 is 1.03 bits per heavy atom. The molecule has 7 nitrogen and oxygen atoms in total. The molecular formula is C28H37N3O4. The number of aliphatic hydroxyl groups is 1. The average Bonchev–Trinajstić information content (AvgIpc) is 3.06. The van der Waals surface area contributed by atoms with Gasteiger partial charge in [-0.2, -0.15) is 0 Å². The number of hydrogen-bond donors (Lipinski definition) is 1. The van der Waals surface area contributed by atoms with Gasteiger partial charge in [-0.25, -0.2) is 0 Å². The van der Waals surface area contributed by atoms with Crippen molar-refractivity contribution in [2.24, 2.45) is 0 Å². The summed E-state index contributed by atoms with van der Waals surface area (Å²) in [6.45, 7) is 7.13. The molecule has 2 aromatic carbocycles. The van der Waals surface area contributed by atoms with Crippen molar-refractivity contribution in [2.75, 3.05) is 53.3 Å². The van der Waals surface area contributed by atoms with Gasteiger partial charge in [0, 0.05) is 44.0 Å². The highest BCUT2D eigenvalue weighted by molar-refractivity contribution is 6.46. The second-order valence-electron chi connectivity index (χ2n) is 10.4. The first-order valence-electron chi connectivity index (χ1n) is 11.8. The number of likely N-dealkylation sites (N-methyl/N-ethyl adjacent to an activating group) is 1. The van der Waals surface area contributed by atoms with Crippen molar-refractivity contribution in [3.05, 3.63) is 64.7 Å². The number of Topliss-reactive ketones (excluding diaryl/α,β-unsaturated/α-hetero) is 1. The van der Waals surface area contributed by atoms with Gasteiger partial charge in [0.05, 0.1) is 18.7 Å². The Labute approximate surface area is 208 Å². The third-order valence-corrected chi connectivity index (χ3v) is 6.33. The highest BCUT2D eigenvalue weighted by Crippen LogP contribution is 2.41. The molecule has 0 aromatic heterocycles. The molecule has 2 aromatic rings. The maximum absolute atomic E-state index is 13.3. The monoisotopic (exact) mass is 479 g/mol. The molecule has 0 aliphatic carbocycles. The van der Waals surface area contributed by atoms with Gasteiger partial charge in [0.15, 0.2) is 0 Å². The van der Waals surface area contributed by atoms with Gasteiger partial charge in [-0.3, -0.25) is 9.59 Å². The molecule has 0 radical (unpaired) electrons. The van der Waals surface area contributed by atoms with E-state index in [1.54, 1.807) is 24.1 Å². The summed E-state index contributed by atoms with van der Waals surface area (Å²) in [4.78, 5) is 31.9. The van der Waals surface area contributed by atoms with E-state index in [1.165, 1.54) is 0 Å². The molecule has 1 amide bonds. The van der Waals surface area contributed by atoms with Crippen molar-refractivity contribution >= 4 is 23.1 Å². The lowest BCUT2D eigenvalue weighted by atomic mass is 9.84. The molecule has 35 heavy (non-hydrogen) atoms. The van der Waals surface area contributed by atoms with Gasteiger partial charge in [-0.15, -0.1) is 0 Å². The first-order chi connectivity index (χ1) is 16.4. The number of methoxy groups -OCH3 is 1. The van der Waals surface area contributed by atoms with Crippen molar-refractivity contribution in [3.63, 3.8) is 0 Å². The zero-order valence-corrected chi connectivity index (χ0v) is 22.0. The molecule has 0 saturated carbocycles. The molecule has 0 bridgehead atoms. The van der Waals surface area contributed by atoms with Crippen LogP contribution in [0.5, 0.6) is 5.75 Å². The van der Waals surface area contributed by atoms with E-state index in [9.17, 15) is 14.7 Å². The molecule has 0 spiro atoms. The fourth-order valence-corrected chi connectivity index (χ4v) is 4.32. The summed E-state index contributed by atoms with van der Waals surface area (Å²) < 4.78 is 5.53. The predicted molar refractivity (Wildman–Crippen MR) is 140 cm³/mol. The molecule has 188 valence electrons. The fourth-order valence-electron chi connectivity index (χ4n) is 4.32. The Balaban J connectivity index is 2.19. The lowest BCUT2D eigenvalue weighted by Crippen LogP contribution is -2.35. The lowest BCUT2D eigenvalue weighted by Gasteiger charge is -2.27. The van der Waals surface area contributed by atoms with Crippen molar-refractivity contribution < 1.29 is 19.4 Å². The minimum absolute atomic E-state index is 0.108. The number of anilines is 1. The molecule has 1 N–H and O–H groups in total. The summed E-state index contributed by atoms with van der Waals surface area (Å²) in [6, 6.07) is 12.4. The number of amides is 1. The Morgan fingerprint density at radius 3 is 2.17 bits per heavy atom. The van der Waals surface area contributed by atoms with Gasteiger partial charge in [-0.05, 0) is 55.4 Å². The van der Waals surface area contributed by atoms with E-state index in [2.05, 4.69) is 20.8 Å². The molecule has 1 unspecified atom stereocenters. The van der Waals surface area contributed by atoms with Crippen LogP contribution in [0.25, 0.3) is 5.76 Å². The Morgan fingerprint density at radius 2 is 1.66 bits per heavy atom. The predicted octanol–water partition coefficient (Wildman–Crippen LogP) is 4.04. The van der Waals surface area contributed by atoms with Crippen LogP contribution in [0.2, 0.25) is 0 Å².